The van der Waals surface area contributed by atoms with Crippen LogP contribution in [-0.2, 0) is 22.4 Å². The summed E-state index contributed by atoms with van der Waals surface area (Å²) in [5, 5.41) is 15.4. The number of anilines is 1. The van der Waals surface area contributed by atoms with Crippen LogP contribution in [0.15, 0.2) is 54.6 Å². The minimum Gasteiger partial charge on any atom is -0.391 e. The highest BCUT2D eigenvalue weighted by atomic mass is 16.3. The van der Waals surface area contributed by atoms with E-state index in [0.717, 1.165) is 11.1 Å². The molecule has 0 spiro atoms. The van der Waals surface area contributed by atoms with Crippen LogP contribution in [0.2, 0.25) is 0 Å². The van der Waals surface area contributed by atoms with Crippen LogP contribution in [0, 0.1) is 0 Å². The van der Waals surface area contributed by atoms with Gasteiger partial charge in [-0.1, -0.05) is 42.5 Å². The molecule has 0 bridgehead atoms. The molecular formula is C19H22N2O3. The van der Waals surface area contributed by atoms with E-state index in [1.807, 2.05) is 30.3 Å². The number of aliphatic hydroxyl groups excluding tert-OH is 1. The van der Waals surface area contributed by atoms with Gasteiger partial charge in [0.05, 0.1) is 12.5 Å². The molecule has 0 fully saturated rings. The molecule has 24 heavy (non-hydrogen) atoms. The average molecular weight is 326 g/mol. The summed E-state index contributed by atoms with van der Waals surface area (Å²) < 4.78 is 0. The number of aliphatic hydroxyl groups is 1. The van der Waals surface area contributed by atoms with E-state index < -0.39 is 6.10 Å². The molecule has 1 unspecified atom stereocenters. The van der Waals surface area contributed by atoms with Crippen LogP contribution in [0.1, 0.15) is 18.1 Å². The Kier molecular flexibility index (Phi) is 6.51. The van der Waals surface area contributed by atoms with Crippen molar-refractivity contribution in [3.05, 3.63) is 65.7 Å². The first-order valence-electron chi connectivity index (χ1n) is 7.88. The van der Waals surface area contributed by atoms with Crippen molar-refractivity contribution in [2.75, 3.05) is 11.9 Å². The highest BCUT2D eigenvalue weighted by Crippen LogP contribution is 2.10. The average Bonchev–Trinajstić information content (AvgIpc) is 2.55. The lowest BCUT2D eigenvalue weighted by Gasteiger charge is -2.12. The summed E-state index contributed by atoms with van der Waals surface area (Å²) in [6.07, 6.45) is 0.129. The lowest BCUT2D eigenvalue weighted by atomic mass is 10.1. The largest absolute Gasteiger partial charge is 0.391 e. The highest BCUT2D eigenvalue weighted by Gasteiger charge is 2.09. The number of amides is 2. The van der Waals surface area contributed by atoms with Gasteiger partial charge in [-0.3, -0.25) is 9.59 Å². The molecule has 1 atom stereocenters. The second-order valence-corrected chi connectivity index (χ2v) is 5.70. The molecule has 0 radical (unpaired) electrons. The van der Waals surface area contributed by atoms with Gasteiger partial charge in [0, 0.05) is 25.6 Å². The minimum atomic E-state index is -0.613. The van der Waals surface area contributed by atoms with Gasteiger partial charge in [-0.05, 0) is 23.3 Å². The summed E-state index contributed by atoms with van der Waals surface area (Å²) in [5.41, 5.74) is 2.58. The van der Waals surface area contributed by atoms with Gasteiger partial charge in [0.15, 0.2) is 0 Å². The quantitative estimate of drug-likeness (QED) is 0.727. The van der Waals surface area contributed by atoms with E-state index in [1.165, 1.54) is 6.92 Å². The van der Waals surface area contributed by atoms with E-state index in [4.69, 9.17) is 0 Å². The second-order valence-electron chi connectivity index (χ2n) is 5.70. The number of nitrogens with one attached hydrogen (secondary N) is 2. The molecule has 0 aliphatic carbocycles. The molecule has 2 amide bonds. The zero-order chi connectivity index (χ0) is 17.4. The Bertz CT molecular complexity index is 669. The van der Waals surface area contributed by atoms with Crippen molar-refractivity contribution in [2.24, 2.45) is 0 Å². The lowest BCUT2D eigenvalue weighted by Crippen LogP contribution is -2.34. The molecule has 126 valence electrons. The summed E-state index contributed by atoms with van der Waals surface area (Å²) in [5.74, 6) is -0.276. The molecule has 2 rings (SSSR count). The fourth-order valence-corrected chi connectivity index (χ4v) is 2.35. The van der Waals surface area contributed by atoms with E-state index in [9.17, 15) is 14.7 Å². The molecule has 0 saturated carbocycles. The third kappa shape index (κ3) is 6.22. The Labute approximate surface area is 141 Å². The number of rotatable bonds is 7. The predicted octanol–water partition coefficient (Wildman–Crippen LogP) is 1.91. The van der Waals surface area contributed by atoms with Crippen molar-refractivity contribution < 1.29 is 14.7 Å². The van der Waals surface area contributed by atoms with Gasteiger partial charge in [-0.25, -0.2) is 0 Å². The van der Waals surface area contributed by atoms with Gasteiger partial charge in [0.25, 0.3) is 0 Å². The maximum absolute atomic E-state index is 11.9. The molecule has 0 aliphatic rings. The smallest absolute Gasteiger partial charge is 0.224 e. The Morgan fingerprint density at radius 3 is 2.29 bits per heavy atom. The zero-order valence-electron chi connectivity index (χ0n) is 13.7. The molecule has 0 aliphatic heterocycles. The number of hydrogen-bond acceptors (Lipinski definition) is 3. The number of hydrogen-bond donors (Lipinski definition) is 3. The topological polar surface area (TPSA) is 78.4 Å². The minimum absolute atomic E-state index is 0.132. The summed E-state index contributed by atoms with van der Waals surface area (Å²) in [6.45, 7) is 1.67. The van der Waals surface area contributed by atoms with Gasteiger partial charge in [0.2, 0.25) is 11.8 Å². The SMILES string of the molecule is CC(=O)Nc1ccc(CC(=O)NCC(O)Cc2ccccc2)cc1. The van der Waals surface area contributed by atoms with Crippen molar-refractivity contribution in [3.63, 3.8) is 0 Å². The molecule has 0 heterocycles. The molecule has 5 nitrogen and oxygen atoms in total. The van der Waals surface area contributed by atoms with Crippen LogP contribution in [-0.4, -0.2) is 29.6 Å². The van der Waals surface area contributed by atoms with Gasteiger partial charge < -0.3 is 15.7 Å². The maximum atomic E-state index is 11.9. The van der Waals surface area contributed by atoms with Crippen LogP contribution >= 0.6 is 0 Å². The van der Waals surface area contributed by atoms with Crippen LogP contribution in [0.4, 0.5) is 5.69 Å². The predicted molar refractivity (Wildman–Crippen MR) is 93.6 cm³/mol. The van der Waals surface area contributed by atoms with Crippen molar-refractivity contribution in [1.29, 1.82) is 0 Å². The Morgan fingerprint density at radius 2 is 1.67 bits per heavy atom. The van der Waals surface area contributed by atoms with Crippen molar-refractivity contribution in [3.8, 4) is 0 Å². The summed E-state index contributed by atoms with van der Waals surface area (Å²) >= 11 is 0. The third-order valence-electron chi connectivity index (χ3n) is 3.49. The van der Waals surface area contributed by atoms with Crippen LogP contribution in [0.5, 0.6) is 0 Å². The Morgan fingerprint density at radius 1 is 1.00 bits per heavy atom. The van der Waals surface area contributed by atoms with Crippen LogP contribution < -0.4 is 10.6 Å². The zero-order valence-corrected chi connectivity index (χ0v) is 13.7. The highest BCUT2D eigenvalue weighted by molar-refractivity contribution is 5.88. The number of benzene rings is 2. The van der Waals surface area contributed by atoms with Gasteiger partial charge in [-0.2, -0.15) is 0 Å². The Hall–Kier alpha value is -2.66. The van der Waals surface area contributed by atoms with E-state index in [0.29, 0.717) is 12.1 Å². The summed E-state index contributed by atoms with van der Waals surface area (Å²) in [7, 11) is 0. The van der Waals surface area contributed by atoms with Crippen LogP contribution in [0.25, 0.3) is 0 Å². The summed E-state index contributed by atoms with van der Waals surface area (Å²) in [6, 6.07) is 16.8. The molecule has 2 aromatic carbocycles. The second kappa shape index (κ2) is 8.84. The monoisotopic (exact) mass is 326 g/mol. The van der Waals surface area contributed by atoms with Crippen molar-refractivity contribution in [1.82, 2.24) is 5.32 Å². The Balaban J connectivity index is 1.75. The van der Waals surface area contributed by atoms with Gasteiger partial charge in [0.1, 0.15) is 0 Å². The van der Waals surface area contributed by atoms with Crippen molar-refractivity contribution >= 4 is 17.5 Å². The first-order valence-corrected chi connectivity index (χ1v) is 7.88. The van der Waals surface area contributed by atoms with E-state index in [1.54, 1.807) is 24.3 Å². The van der Waals surface area contributed by atoms with Crippen LogP contribution in [0.3, 0.4) is 0 Å². The first-order chi connectivity index (χ1) is 11.5. The number of carbonyl (C=O) groups excluding carboxylic acids is 2. The fourth-order valence-electron chi connectivity index (χ4n) is 2.35. The maximum Gasteiger partial charge on any atom is 0.224 e. The normalized spacial score (nSPS) is 11.6. The van der Waals surface area contributed by atoms with E-state index in [-0.39, 0.29) is 24.8 Å². The van der Waals surface area contributed by atoms with E-state index in [2.05, 4.69) is 10.6 Å². The molecular weight excluding hydrogens is 304 g/mol. The van der Waals surface area contributed by atoms with Gasteiger partial charge in [-0.15, -0.1) is 0 Å². The molecule has 0 saturated heterocycles. The van der Waals surface area contributed by atoms with E-state index >= 15 is 0 Å². The molecule has 0 aromatic heterocycles. The lowest BCUT2D eigenvalue weighted by molar-refractivity contribution is -0.121. The summed E-state index contributed by atoms with van der Waals surface area (Å²) in [4.78, 5) is 22.9. The van der Waals surface area contributed by atoms with Crippen molar-refractivity contribution in [2.45, 2.75) is 25.9 Å². The first kappa shape index (κ1) is 17.7. The standard InChI is InChI=1S/C19H22N2O3/c1-14(22)21-17-9-7-16(8-10-17)12-19(24)20-13-18(23)11-15-5-3-2-4-6-15/h2-10,18,23H,11-13H2,1H3,(H,20,24)(H,21,22). The molecule has 5 heteroatoms. The molecule has 2 aromatic rings. The third-order valence-corrected chi connectivity index (χ3v) is 3.49. The molecule has 3 N–H and O–H groups in total. The number of carbonyl (C=O) groups is 2. The fraction of sp³-hybridized carbons (Fsp3) is 0.263. The van der Waals surface area contributed by atoms with Gasteiger partial charge >= 0.3 is 0 Å².